The molecule has 116 valence electrons. The number of rotatable bonds is 7. The molecule has 1 aliphatic carbocycles. The van der Waals surface area contributed by atoms with E-state index in [4.69, 9.17) is 15.2 Å². The first kappa shape index (κ1) is 15.9. The van der Waals surface area contributed by atoms with Gasteiger partial charge in [-0.2, -0.15) is 0 Å². The Morgan fingerprint density at radius 1 is 1.19 bits per heavy atom. The summed E-state index contributed by atoms with van der Waals surface area (Å²) in [6.07, 6.45) is 4.91. The van der Waals surface area contributed by atoms with Gasteiger partial charge in [0.05, 0.1) is 13.2 Å². The van der Waals surface area contributed by atoms with Crippen molar-refractivity contribution in [3.63, 3.8) is 0 Å². The Kier molecular flexibility index (Phi) is 6.14. The molecule has 1 atom stereocenters. The van der Waals surface area contributed by atoms with Gasteiger partial charge < -0.3 is 15.2 Å². The number of hydrogen-bond donors (Lipinski definition) is 1. The van der Waals surface area contributed by atoms with Crippen molar-refractivity contribution < 1.29 is 18.7 Å². The summed E-state index contributed by atoms with van der Waals surface area (Å²) in [6, 6.07) is 5.91. The second kappa shape index (κ2) is 8.10. The lowest BCUT2D eigenvalue weighted by Gasteiger charge is -2.23. The highest BCUT2D eigenvalue weighted by atomic mass is 19.1. The fraction of sp³-hybridized carbons (Fsp3) is 0.562. The van der Waals surface area contributed by atoms with Gasteiger partial charge >= 0.3 is 0 Å². The number of carbonyl (C=O) groups is 1. The highest BCUT2D eigenvalue weighted by Gasteiger charge is 2.20. The first-order valence-corrected chi connectivity index (χ1v) is 7.42. The van der Waals surface area contributed by atoms with Gasteiger partial charge in [0, 0.05) is 0 Å². The van der Waals surface area contributed by atoms with Crippen molar-refractivity contribution >= 4 is 5.91 Å². The van der Waals surface area contributed by atoms with Crippen LogP contribution in [0.3, 0.4) is 0 Å². The lowest BCUT2D eigenvalue weighted by atomic mass is 9.90. The minimum atomic E-state index is -1.04. The zero-order valence-electron chi connectivity index (χ0n) is 12.1. The standard InChI is InChI=1S/C16H22FNO3/c17-14-8-6-13(7-9-14)11-21-16(15(18)19)20-10-12-4-2-1-3-5-12/h6-9,12,16H,1-5,10-11H2,(H2,18,19). The van der Waals surface area contributed by atoms with Crippen LogP contribution in [-0.2, 0) is 20.9 Å². The lowest BCUT2D eigenvalue weighted by molar-refractivity contribution is -0.176. The van der Waals surface area contributed by atoms with Crippen molar-refractivity contribution in [1.82, 2.24) is 0 Å². The van der Waals surface area contributed by atoms with E-state index in [0.717, 1.165) is 18.4 Å². The van der Waals surface area contributed by atoms with Crippen LogP contribution in [0.25, 0.3) is 0 Å². The van der Waals surface area contributed by atoms with Gasteiger partial charge in [-0.25, -0.2) is 4.39 Å². The molecule has 1 saturated carbocycles. The monoisotopic (exact) mass is 295 g/mol. The van der Waals surface area contributed by atoms with Crippen LogP contribution in [-0.4, -0.2) is 18.8 Å². The highest BCUT2D eigenvalue weighted by molar-refractivity contribution is 5.77. The molecule has 0 aliphatic heterocycles. The predicted molar refractivity (Wildman–Crippen MR) is 76.7 cm³/mol. The van der Waals surface area contributed by atoms with E-state index in [1.807, 2.05) is 0 Å². The summed E-state index contributed by atoms with van der Waals surface area (Å²) in [7, 11) is 0. The van der Waals surface area contributed by atoms with Gasteiger partial charge in [0.1, 0.15) is 5.82 Å². The van der Waals surface area contributed by atoms with Gasteiger partial charge in [-0.05, 0) is 36.5 Å². The van der Waals surface area contributed by atoms with Crippen LogP contribution in [0.1, 0.15) is 37.7 Å². The van der Waals surface area contributed by atoms with Crippen LogP contribution in [0.2, 0.25) is 0 Å². The highest BCUT2D eigenvalue weighted by Crippen LogP contribution is 2.24. The minimum Gasteiger partial charge on any atom is -0.365 e. The Morgan fingerprint density at radius 3 is 2.48 bits per heavy atom. The summed E-state index contributed by atoms with van der Waals surface area (Å²) in [5.41, 5.74) is 6.06. The van der Waals surface area contributed by atoms with Crippen LogP contribution in [0, 0.1) is 11.7 Å². The summed E-state index contributed by atoms with van der Waals surface area (Å²) < 4.78 is 23.7. The number of carbonyl (C=O) groups excluding carboxylic acids is 1. The van der Waals surface area contributed by atoms with Crippen molar-refractivity contribution in [2.75, 3.05) is 6.61 Å². The molecule has 0 saturated heterocycles. The van der Waals surface area contributed by atoms with Crippen LogP contribution >= 0.6 is 0 Å². The number of benzene rings is 1. The molecule has 1 aromatic carbocycles. The fourth-order valence-electron chi connectivity index (χ4n) is 2.54. The van der Waals surface area contributed by atoms with Crippen molar-refractivity contribution in [3.05, 3.63) is 35.6 Å². The van der Waals surface area contributed by atoms with Crippen molar-refractivity contribution in [2.24, 2.45) is 11.7 Å². The summed E-state index contributed by atoms with van der Waals surface area (Å²) >= 11 is 0. The quantitative estimate of drug-likeness (QED) is 0.787. The average Bonchev–Trinajstić information content (AvgIpc) is 2.49. The maximum Gasteiger partial charge on any atom is 0.274 e. The first-order valence-electron chi connectivity index (χ1n) is 7.42. The smallest absolute Gasteiger partial charge is 0.274 e. The Morgan fingerprint density at radius 2 is 1.86 bits per heavy atom. The third-order valence-electron chi connectivity index (χ3n) is 3.75. The van der Waals surface area contributed by atoms with Gasteiger partial charge in [-0.3, -0.25) is 4.79 Å². The third-order valence-corrected chi connectivity index (χ3v) is 3.75. The third kappa shape index (κ3) is 5.44. The van der Waals surface area contributed by atoms with Crippen molar-refractivity contribution in [1.29, 1.82) is 0 Å². The molecule has 0 bridgehead atoms. The molecule has 2 rings (SSSR count). The Hall–Kier alpha value is -1.46. The molecule has 1 aromatic rings. The number of halogens is 1. The van der Waals surface area contributed by atoms with E-state index in [1.165, 1.54) is 31.4 Å². The summed E-state index contributed by atoms with van der Waals surface area (Å²) in [6.45, 7) is 0.662. The molecule has 5 heteroatoms. The molecule has 1 aliphatic rings. The molecule has 0 heterocycles. The van der Waals surface area contributed by atoms with Gasteiger partial charge in [0.2, 0.25) is 6.29 Å². The number of amides is 1. The van der Waals surface area contributed by atoms with Gasteiger partial charge in [0.25, 0.3) is 5.91 Å². The molecule has 1 fully saturated rings. The van der Waals surface area contributed by atoms with Gasteiger partial charge in [-0.1, -0.05) is 31.4 Å². The zero-order valence-corrected chi connectivity index (χ0v) is 12.1. The molecule has 0 aromatic heterocycles. The van der Waals surface area contributed by atoms with E-state index in [-0.39, 0.29) is 12.4 Å². The molecule has 21 heavy (non-hydrogen) atoms. The van der Waals surface area contributed by atoms with Crippen LogP contribution in [0.5, 0.6) is 0 Å². The number of primary amides is 1. The maximum absolute atomic E-state index is 12.8. The second-order valence-electron chi connectivity index (χ2n) is 5.51. The summed E-state index contributed by atoms with van der Waals surface area (Å²) in [5.74, 6) is -0.457. The Bertz CT molecular complexity index is 443. The molecular formula is C16H22FNO3. The topological polar surface area (TPSA) is 61.6 Å². The van der Waals surface area contributed by atoms with E-state index in [2.05, 4.69) is 0 Å². The fourth-order valence-corrected chi connectivity index (χ4v) is 2.54. The molecule has 1 amide bonds. The van der Waals surface area contributed by atoms with Gasteiger partial charge in [0.15, 0.2) is 0 Å². The van der Waals surface area contributed by atoms with Crippen LogP contribution in [0.4, 0.5) is 4.39 Å². The number of hydrogen-bond acceptors (Lipinski definition) is 3. The van der Waals surface area contributed by atoms with E-state index >= 15 is 0 Å². The van der Waals surface area contributed by atoms with E-state index in [1.54, 1.807) is 12.1 Å². The summed E-state index contributed by atoms with van der Waals surface area (Å²) in [5, 5.41) is 0. The second-order valence-corrected chi connectivity index (χ2v) is 5.51. The first-order chi connectivity index (χ1) is 10.1. The van der Waals surface area contributed by atoms with Gasteiger partial charge in [-0.15, -0.1) is 0 Å². The van der Waals surface area contributed by atoms with Crippen LogP contribution < -0.4 is 5.73 Å². The normalized spacial score (nSPS) is 17.6. The van der Waals surface area contributed by atoms with Crippen LogP contribution in [0.15, 0.2) is 24.3 Å². The molecular weight excluding hydrogens is 273 g/mol. The maximum atomic E-state index is 12.8. The van der Waals surface area contributed by atoms with E-state index < -0.39 is 12.2 Å². The Balaban J connectivity index is 1.78. The minimum absolute atomic E-state index is 0.165. The van der Waals surface area contributed by atoms with Crippen molar-refractivity contribution in [3.8, 4) is 0 Å². The lowest BCUT2D eigenvalue weighted by Crippen LogP contribution is -2.35. The number of ether oxygens (including phenoxy) is 2. The van der Waals surface area contributed by atoms with E-state index in [0.29, 0.717) is 12.5 Å². The zero-order chi connectivity index (χ0) is 15.1. The molecule has 4 nitrogen and oxygen atoms in total. The molecule has 0 radical (unpaired) electrons. The number of nitrogens with two attached hydrogens (primary N) is 1. The van der Waals surface area contributed by atoms with E-state index in [9.17, 15) is 9.18 Å². The largest absolute Gasteiger partial charge is 0.365 e. The SMILES string of the molecule is NC(=O)C(OCc1ccc(F)cc1)OCC1CCCCC1. The molecule has 2 N–H and O–H groups in total. The summed E-state index contributed by atoms with van der Waals surface area (Å²) in [4.78, 5) is 11.4. The molecule has 0 spiro atoms. The average molecular weight is 295 g/mol. The Labute approximate surface area is 124 Å². The van der Waals surface area contributed by atoms with Crippen molar-refractivity contribution in [2.45, 2.75) is 45.0 Å². The molecule has 1 unspecified atom stereocenters. The predicted octanol–water partition coefficient (Wildman–Crippen LogP) is 2.75.